The molecule has 2 aromatic rings. The van der Waals surface area contributed by atoms with Crippen molar-refractivity contribution in [3.8, 4) is 11.5 Å². The molecule has 1 aromatic heterocycles. The van der Waals surface area contributed by atoms with E-state index < -0.39 is 11.7 Å². The Kier molecular flexibility index (Phi) is 6.81. The molecule has 1 aromatic carbocycles. The molecule has 1 N–H and O–H groups in total. The summed E-state index contributed by atoms with van der Waals surface area (Å²) in [6.07, 6.45) is 1.28. The number of nitrogens with zero attached hydrogens (tertiary/aromatic N) is 1. The quantitative estimate of drug-likeness (QED) is 0.569. The molecule has 0 saturated heterocycles. The molecule has 2 rings (SSSR count). The molecule has 6 nitrogen and oxygen atoms in total. The average Bonchev–Trinajstić information content (AvgIpc) is 3.07. The fraction of sp³-hybridized carbons (Fsp3) is 0.250. The van der Waals surface area contributed by atoms with E-state index in [0.29, 0.717) is 40.3 Å². The van der Waals surface area contributed by atoms with Gasteiger partial charge in [0.25, 0.3) is 11.7 Å². The number of amides is 1. The molecule has 0 radical (unpaired) electrons. The molecule has 0 aliphatic heterocycles. The molecule has 0 bridgehead atoms. The number of thioether (sulfide) groups is 1. The second kappa shape index (κ2) is 9.07. The number of carbonyl (C=O) groups excluding carboxylic acids is 1. The van der Waals surface area contributed by atoms with Gasteiger partial charge in [-0.2, -0.15) is 13.9 Å². The fourth-order valence-corrected chi connectivity index (χ4v) is 2.29. The number of hydrazone groups is 1. The number of furan rings is 1. The van der Waals surface area contributed by atoms with Crippen molar-refractivity contribution in [1.29, 1.82) is 0 Å². The molecule has 25 heavy (non-hydrogen) atoms. The molecule has 0 fully saturated rings. The summed E-state index contributed by atoms with van der Waals surface area (Å²) < 4.78 is 39.7. The second-order valence-corrected chi connectivity index (χ2v) is 5.65. The Bertz CT molecular complexity index is 727. The Labute approximate surface area is 147 Å². The maximum atomic E-state index is 12.1. The van der Waals surface area contributed by atoms with Crippen LogP contribution in [0.3, 0.4) is 0 Å². The third-order valence-corrected chi connectivity index (χ3v) is 3.71. The zero-order valence-electron chi connectivity index (χ0n) is 13.5. The Balaban J connectivity index is 1.96. The zero-order chi connectivity index (χ0) is 18.2. The SMILES string of the molecule is COc1cc(OC)cc(C(=O)N/N=C\c2ccc(CSC(F)F)o2)c1. The lowest BCUT2D eigenvalue weighted by Gasteiger charge is -2.07. The van der Waals surface area contributed by atoms with Crippen LogP contribution in [0.5, 0.6) is 11.5 Å². The second-order valence-electron chi connectivity index (χ2n) is 4.68. The maximum Gasteiger partial charge on any atom is 0.284 e. The van der Waals surface area contributed by atoms with E-state index in [9.17, 15) is 13.6 Å². The van der Waals surface area contributed by atoms with E-state index in [1.165, 1.54) is 20.4 Å². The minimum Gasteiger partial charge on any atom is -0.497 e. The number of hydrogen-bond acceptors (Lipinski definition) is 6. The zero-order valence-corrected chi connectivity index (χ0v) is 14.3. The summed E-state index contributed by atoms with van der Waals surface area (Å²) in [6.45, 7) is 0. The first kappa shape index (κ1) is 18.8. The van der Waals surface area contributed by atoms with Gasteiger partial charge in [-0.25, -0.2) is 5.43 Å². The number of methoxy groups -OCH3 is 2. The van der Waals surface area contributed by atoms with E-state index in [1.54, 1.807) is 30.3 Å². The first-order valence-corrected chi connectivity index (χ1v) is 8.11. The lowest BCUT2D eigenvalue weighted by molar-refractivity contribution is 0.0954. The van der Waals surface area contributed by atoms with Gasteiger partial charge in [-0.3, -0.25) is 4.79 Å². The predicted molar refractivity (Wildman–Crippen MR) is 90.6 cm³/mol. The molecular weight excluding hydrogens is 354 g/mol. The van der Waals surface area contributed by atoms with Crippen LogP contribution in [0.1, 0.15) is 21.9 Å². The number of halogens is 2. The molecule has 1 heterocycles. The Morgan fingerprint density at radius 1 is 1.28 bits per heavy atom. The number of rotatable bonds is 8. The summed E-state index contributed by atoms with van der Waals surface area (Å²) in [5, 5.41) is 3.78. The number of alkyl halides is 2. The Morgan fingerprint density at radius 3 is 2.56 bits per heavy atom. The van der Waals surface area contributed by atoms with Crippen molar-refractivity contribution in [2.45, 2.75) is 11.5 Å². The molecule has 1 amide bonds. The molecule has 0 atom stereocenters. The van der Waals surface area contributed by atoms with Crippen LogP contribution in [0, 0.1) is 0 Å². The normalized spacial score (nSPS) is 11.1. The third-order valence-electron chi connectivity index (χ3n) is 3.01. The van der Waals surface area contributed by atoms with Crippen molar-refractivity contribution in [1.82, 2.24) is 5.43 Å². The van der Waals surface area contributed by atoms with E-state index >= 15 is 0 Å². The molecule has 0 spiro atoms. The van der Waals surface area contributed by atoms with Crippen LogP contribution in [0.2, 0.25) is 0 Å². The van der Waals surface area contributed by atoms with Gasteiger partial charge in [0, 0.05) is 11.6 Å². The minimum atomic E-state index is -2.46. The van der Waals surface area contributed by atoms with Crippen LogP contribution in [0.4, 0.5) is 8.78 Å². The largest absolute Gasteiger partial charge is 0.497 e. The topological polar surface area (TPSA) is 73.1 Å². The van der Waals surface area contributed by atoms with Crippen molar-refractivity contribution < 1.29 is 27.5 Å². The highest BCUT2D eigenvalue weighted by molar-refractivity contribution is 7.98. The number of ether oxygens (including phenoxy) is 2. The third kappa shape index (κ3) is 5.79. The highest BCUT2D eigenvalue weighted by atomic mass is 32.2. The number of nitrogens with one attached hydrogen (secondary N) is 1. The van der Waals surface area contributed by atoms with E-state index in [4.69, 9.17) is 13.9 Å². The number of hydrogen-bond donors (Lipinski definition) is 1. The first-order valence-electron chi connectivity index (χ1n) is 7.06. The van der Waals surface area contributed by atoms with Crippen molar-refractivity contribution in [3.05, 3.63) is 47.4 Å². The van der Waals surface area contributed by atoms with Gasteiger partial charge in [-0.05, 0) is 24.3 Å². The molecule has 9 heteroatoms. The highest BCUT2D eigenvalue weighted by Gasteiger charge is 2.09. The average molecular weight is 370 g/mol. The van der Waals surface area contributed by atoms with Gasteiger partial charge in [-0.15, -0.1) is 0 Å². The van der Waals surface area contributed by atoms with Crippen LogP contribution in [0.15, 0.2) is 39.9 Å². The van der Waals surface area contributed by atoms with Crippen molar-refractivity contribution in [2.24, 2.45) is 5.10 Å². The number of carbonyl (C=O) groups is 1. The van der Waals surface area contributed by atoms with Crippen LogP contribution < -0.4 is 14.9 Å². The maximum absolute atomic E-state index is 12.1. The van der Waals surface area contributed by atoms with Crippen LogP contribution >= 0.6 is 11.8 Å². The molecule has 134 valence electrons. The van der Waals surface area contributed by atoms with Gasteiger partial charge in [0.15, 0.2) is 0 Å². The van der Waals surface area contributed by atoms with E-state index in [1.807, 2.05) is 0 Å². The van der Waals surface area contributed by atoms with Gasteiger partial charge in [-0.1, -0.05) is 11.8 Å². The van der Waals surface area contributed by atoms with Crippen LogP contribution in [0.25, 0.3) is 0 Å². The standard InChI is InChI=1S/C16H16F2N2O4S/c1-22-13-5-10(6-14(7-13)23-2)15(21)20-19-8-11-3-4-12(24-11)9-25-16(17)18/h3-8,16H,9H2,1-2H3,(H,20,21)/b19-8-. The van der Waals surface area contributed by atoms with Gasteiger partial charge >= 0.3 is 0 Å². The summed E-state index contributed by atoms with van der Waals surface area (Å²) >= 11 is 0.466. The predicted octanol–water partition coefficient (Wildman–Crippen LogP) is 3.52. The van der Waals surface area contributed by atoms with Crippen molar-refractivity contribution in [3.63, 3.8) is 0 Å². The summed E-state index contributed by atoms with van der Waals surface area (Å²) in [7, 11) is 2.96. The fourth-order valence-electron chi connectivity index (χ4n) is 1.84. The van der Waals surface area contributed by atoms with Gasteiger partial charge in [0.2, 0.25) is 0 Å². The highest BCUT2D eigenvalue weighted by Crippen LogP contribution is 2.22. The summed E-state index contributed by atoms with van der Waals surface area (Å²) in [5.41, 5.74) is 2.65. The van der Waals surface area contributed by atoms with Gasteiger partial charge in [0.05, 0.1) is 26.2 Å². The Hall–Kier alpha value is -2.55. The molecule has 0 unspecified atom stereocenters. The molecule has 0 aliphatic carbocycles. The molecule has 0 saturated carbocycles. The number of benzene rings is 1. The van der Waals surface area contributed by atoms with Gasteiger partial charge in [0.1, 0.15) is 23.0 Å². The van der Waals surface area contributed by atoms with Crippen molar-refractivity contribution in [2.75, 3.05) is 14.2 Å². The summed E-state index contributed by atoms with van der Waals surface area (Å²) in [5.74, 6) is -1.18. The Morgan fingerprint density at radius 2 is 1.96 bits per heavy atom. The van der Waals surface area contributed by atoms with Crippen molar-refractivity contribution >= 4 is 23.9 Å². The van der Waals surface area contributed by atoms with E-state index in [-0.39, 0.29) is 5.75 Å². The smallest absolute Gasteiger partial charge is 0.284 e. The molecule has 0 aliphatic rings. The van der Waals surface area contributed by atoms with E-state index in [0.717, 1.165) is 0 Å². The lowest BCUT2D eigenvalue weighted by Crippen LogP contribution is -2.17. The summed E-state index contributed by atoms with van der Waals surface area (Å²) in [6, 6.07) is 7.87. The van der Waals surface area contributed by atoms with Gasteiger partial charge < -0.3 is 13.9 Å². The summed E-state index contributed by atoms with van der Waals surface area (Å²) in [4.78, 5) is 12.1. The van der Waals surface area contributed by atoms with Crippen LogP contribution in [-0.2, 0) is 5.75 Å². The molecular formula is C16H16F2N2O4S. The minimum absolute atomic E-state index is 0.0570. The lowest BCUT2D eigenvalue weighted by atomic mass is 10.2. The first-order chi connectivity index (χ1) is 12.0. The monoisotopic (exact) mass is 370 g/mol. The van der Waals surface area contributed by atoms with Crippen LogP contribution in [-0.4, -0.2) is 32.1 Å². The van der Waals surface area contributed by atoms with E-state index in [2.05, 4.69) is 10.5 Å².